The first-order valence-corrected chi connectivity index (χ1v) is 7.79. The number of hydrogen-bond acceptors (Lipinski definition) is 2. The number of nitrogens with one attached hydrogen (secondary N) is 1. The van der Waals surface area contributed by atoms with Crippen LogP contribution in [0.4, 0.5) is 0 Å². The van der Waals surface area contributed by atoms with E-state index in [9.17, 15) is 4.79 Å². The predicted molar refractivity (Wildman–Crippen MR) is 78.9 cm³/mol. The number of carbonyl (C=O) groups excluding carboxylic acids is 1. The van der Waals surface area contributed by atoms with E-state index in [4.69, 9.17) is 0 Å². The molecule has 1 fully saturated rings. The van der Waals surface area contributed by atoms with E-state index in [0.29, 0.717) is 0 Å². The predicted octanol–water partition coefficient (Wildman–Crippen LogP) is 3.74. The number of allylic oxidation sites excluding steroid dienone is 2. The van der Waals surface area contributed by atoms with Gasteiger partial charge < -0.3 is 5.32 Å². The molecule has 0 saturated carbocycles. The molecule has 1 aliphatic heterocycles. The van der Waals surface area contributed by atoms with E-state index >= 15 is 0 Å². The van der Waals surface area contributed by atoms with Crippen LogP contribution in [0.25, 0.3) is 0 Å². The highest BCUT2D eigenvalue weighted by atomic mass is 32.2. The Bertz CT molecular complexity index is 511. The maximum absolute atomic E-state index is 12.2. The van der Waals surface area contributed by atoms with E-state index < -0.39 is 0 Å². The second-order valence-electron chi connectivity index (χ2n) is 5.68. The van der Waals surface area contributed by atoms with Crippen molar-refractivity contribution in [3.63, 3.8) is 0 Å². The lowest BCUT2D eigenvalue weighted by Gasteiger charge is -2.42. The number of thioether (sulfide) groups is 1. The van der Waals surface area contributed by atoms with Crippen LogP contribution >= 0.6 is 11.8 Å². The minimum Gasteiger partial charge on any atom is -0.329 e. The lowest BCUT2D eigenvalue weighted by Crippen LogP contribution is -2.47. The van der Waals surface area contributed by atoms with Crippen LogP contribution in [0, 0.1) is 5.41 Å². The van der Waals surface area contributed by atoms with E-state index in [1.165, 1.54) is 17.7 Å². The number of rotatable bonds is 2. The third kappa shape index (κ3) is 2.57. The smallest absolute Gasteiger partial charge is 0.237 e. The number of hydrogen-bond donors (Lipinski definition) is 1. The summed E-state index contributed by atoms with van der Waals surface area (Å²) in [5, 5.41) is 3.16. The summed E-state index contributed by atoms with van der Waals surface area (Å²) in [6.45, 7) is 2.29. The van der Waals surface area contributed by atoms with Crippen molar-refractivity contribution < 1.29 is 4.79 Å². The monoisotopic (exact) mass is 273 g/mol. The van der Waals surface area contributed by atoms with Crippen LogP contribution in [0.15, 0.2) is 47.0 Å². The average molecular weight is 273 g/mol. The summed E-state index contributed by atoms with van der Waals surface area (Å²) >= 11 is 1.69. The fourth-order valence-corrected chi connectivity index (χ4v) is 4.27. The maximum Gasteiger partial charge on any atom is 0.237 e. The second kappa shape index (κ2) is 5.04. The van der Waals surface area contributed by atoms with Crippen molar-refractivity contribution in [3.8, 4) is 0 Å². The molecule has 0 aromatic heterocycles. The Morgan fingerprint density at radius 3 is 2.89 bits per heavy atom. The quantitative estimate of drug-likeness (QED) is 0.889. The number of amides is 1. The molecule has 1 aromatic rings. The van der Waals surface area contributed by atoms with Gasteiger partial charge in [0.15, 0.2) is 0 Å². The molecule has 100 valence electrons. The minimum absolute atomic E-state index is 0.0302. The number of carbonyl (C=O) groups is 1. The second-order valence-corrected chi connectivity index (χ2v) is 6.96. The van der Waals surface area contributed by atoms with Crippen LogP contribution in [0.1, 0.15) is 32.6 Å². The van der Waals surface area contributed by atoms with Crippen molar-refractivity contribution in [1.82, 2.24) is 5.32 Å². The van der Waals surface area contributed by atoms with Crippen LogP contribution < -0.4 is 5.32 Å². The van der Waals surface area contributed by atoms with E-state index in [2.05, 4.69) is 30.4 Å². The molecule has 1 saturated heterocycles. The summed E-state index contributed by atoms with van der Waals surface area (Å²) in [5.41, 5.74) is 1.33. The molecule has 1 amide bonds. The molecule has 3 rings (SSSR count). The molecular formula is C16H19NOS. The largest absolute Gasteiger partial charge is 0.329 e. The van der Waals surface area contributed by atoms with Crippen LogP contribution in [0.3, 0.4) is 0 Å². The molecule has 19 heavy (non-hydrogen) atoms. The van der Waals surface area contributed by atoms with Crippen molar-refractivity contribution in [2.24, 2.45) is 5.41 Å². The molecule has 1 N–H and O–H groups in total. The van der Waals surface area contributed by atoms with Crippen LogP contribution in [-0.4, -0.2) is 11.2 Å². The zero-order chi connectivity index (χ0) is 13.3. The van der Waals surface area contributed by atoms with Gasteiger partial charge in [0.1, 0.15) is 0 Å². The Labute approximate surface area is 118 Å². The summed E-state index contributed by atoms with van der Waals surface area (Å²) in [4.78, 5) is 13.4. The molecule has 0 spiro atoms. The Morgan fingerprint density at radius 1 is 1.32 bits per heavy atom. The first-order chi connectivity index (χ1) is 9.17. The van der Waals surface area contributed by atoms with Gasteiger partial charge in [-0.15, -0.1) is 11.8 Å². The highest BCUT2D eigenvalue weighted by Crippen LogP contribution is 2.45. The Balaban J connectivity index is 1.78. The fraction of sp³-hybridized carbons (Fsp3) is 0.438. The highest BCUT2D eigenvalue weighted by Gasteiger charge is 2.41. The van der Waals surface area contributed by atoms with Gasteiger partial charge >= 0.3 is 0 Å². The highest BCUT2D eigenvalue weighted by molar-refractivity contribution is 8.00. The van der Waals surface area contributed by atoms with Crippen molar-refractivity contribution in [1.29, 1.82) is 0 Å². The van der Waals surface area contributed by atoms with Crippen molar-refractivity contribution in [2.75, 3.05) is 0 Å². The molecule has 2 atom stereocenters. The first kappa shape index (κ1) is 12.8. The van der Waals surface area contributed by atoms with E-state index in [-0.39, 0.29) is 16.6 Å². The van der Waals surface area contributed by atoms with Gasteiger partial charge in [-0.05, 0) is 37.8 Å². The Kier molecular flexibility index (Phi) is 3.40. The van der Waals surface area contributed by atoms with Crippen molar-refractivity contribution in [3.05, 3.63) is 42.1 Å². The van der Waals surface area contributed by atoms with Gasteiger partial charge in [0.25, 0.3) is 0 Å². The first-order valence-electron chi connectivity index (χ1n) is 6.91. The standard InChI is InChI=1S/C16H19NOS/c1-16-10-6-5-9-14(16)17-15(18)13(11-16)19-12-7-3-2-4-8-12/h2-4,7-9,13H,5-6,10-11H2,1H3,(H,17,18)/t13-,16-/m0/s1. The molecule has 1 heterocycles. The number of fused-ring (bicyclic) bond motifs is 1. The molecule has 2 nitrogen and oxygen atoms in total. The summed E-state index contributed by atoms with van der Waals surface area (Å²) in [7, 11) is 0. The van der Waals surface area contributed by atoms with Gasteiger partial charge in [-0.1, -0.05) is 31.2 Å². The number of piperidine rings is 1. The van der Waals surface area contributed by atoms with Crippen LogP contribution in [-0.2, 0) is 4.79 Å². The summed E-state index contributed by atoms with van der Waals surface area (Å²) < 4.78 is 0. The molecule has 1 aromatic carbocycles. The molecule has 2 aliphatic rings. The third-order valence-corrected chi connectivity index (χ3v) is 5.35. The van der Waals surface area contributed by atoms with Crippen LogP contribution in [0.5, 0.6) is 0 Å². The lowest BCUT2D eigenvalue weighted by molar-refractivity contribution is -0.122. The SMILES string of the molecule is C[C@@]12CCCC=C1NC(=O)[C@@H](Sc1ccccc1)C2. The fourth-order valence-electron chi connectivity index (χ4n) is 3.01. The minimum atomic E-state index is 0.0302. The molecule has 1 aliphatic carbocycles. The zero-order valence-electron chi connectivity index (χ0n) is 11.2. The van der Waals surface area contributed by atoms with Crippen LogP contribution in [0.2, 0.25) is 0 Å². The van der Waals surface area contributed by atoms with Gasteiger partial charge in [0.05, 0.1) is 5.25 Å². The number of benzene rings is 1. The van der Waals surface area contributed by atoms with Gasteiger partial charge in [-0.2, -0.15) is 0 Å². The summed E-state index contributed by atoms with van der Waals surface area (Å²) in [6.07, 6.45) is 6.68. The lowest BCUT2D eigenvalue weighted by atomic mass is 9.72. The summed E-state index contributed by atoms with van der Waals surface area (Å²) in [5.74, 6) is 0.166. The average Bonchev–Trinajstić information content (AvgIpc) is 2.41. The summed E-state index contributed by atoms with van der Waals surface area (Å²) in [6, 6.07) is 10.2. The van der Waals surface area contributed by atoms with Gasteiger partial charge in [0.2, 0.25) is 5.91 Å². The third-order valence-electron chi connectivity index (χ3n) is 4.14. The maximum atomic E-state index is 12.2. The molecule has 0 bridgehead atoms. The molecular weight excluding hydrogens is 254 g/mol. The normalized spacial score (nSPS) is 30.3. The van der Waals surface area contributed by atoms with Gasteiger partial charge in [0, 0.05) is 16.0 Å². The molecule has 0 radical (unpaired) electrons. The molecule has 3 heteroatoms. The zero-order valence-corrected chi connectivity index (χ0v) is 12.0. The topological polar surface area (TPSA) is 29.1 Å². The van der Waals surface area contributed by atoms with Gasteiger partial charge in [-0.3, -0.25) is 4.79 Å². The van der Waals surface area contributed by atoms with Crippen molar-refractivity contribution in [2.45, 2.75) is 42.8 Å². The van der Waals surface area contributed by atoms with Crippen molar-refractivity contribution >= 4 is 17.7 Å². The van der Waals surface area contributed by atoms with Gasteiger partial charge in [-0.25, -0.2) is 0 Å². The van der Waals surface area contributed by atoms with E-state index in [1.54, 1.807) is 11.8 Å². The Morgan fingerprint density at radius 2 is 2.11 bits per heavy atom. The van der Waals surface area contributed by atoms with E-state index in [1.807, 2.05) is 18.2 Å². The molecule has 0 unspecified atom stereocenters. The van der Waals surface area contributed by atoms with E-state index in [0.717, 1.165) is 18.5 Å². The Hall–Kier alpha value is -1.22.